The number of nitrogens with one attached hydrogen (secondary N) is 1. The van der Waals surface area contributed by atoms with Crippen LogP contribution in [0.1, 0.15) is 6.42 Å². The predicted molar refractivity (Wildman–Crippen MR) is 87.4 cm³/mol. The van der Waals surface area contributed by atoms with Crippen molar-refractivity contribution in [1.82, 2.24) is 0 Å². The van der Waals surface area contributed by atoms with E-state index in [0.717, 1.165) is 6.42 Å². The summed E-state index contributed by atoms with van der Waals surface area (Å²) in [7, 11) is 0. The Morgan fingerprint density at radius 3 is 2.39 bits per heavy atom. The number of benzene rings is 1. The Morgan fingerprint density at radius 1 is 1.09 bits per heavy atom. The Bertz CT molecular complexity index is 733. The SMILES string of the molecule is O=C(O)[C@H]1[C@@H]2C=C[C@@H]([C@H]3C[C@H]23)[C@@H]1C(=O)Nc1cc(Cl)ccc1Cl. The van der Waals surface area contributed by atoms with Crippen molar-refractivity contribution in [3.63, 3.8) is 0 Å². The highest BCUT2D eigenvalue weighted by molar-refractivity contribution is 6.35. The molecule has 120 valence electrons. The van der Waals surface area contributed by atoms with Crippen LogP contribution in [0, 0.1) is 35.5 Å². The number of halogens is 2. The second-order valence-electron chi connectivity index (χ2n) is 6.61. The quantitative estimate of drug-likeness (QED) is 0.816. The van der Waals surface area contributed by atoms with E-state index in [1.165, 1.54) is 0 Å². The first-order valence-electron chi connectivity index (χ1n) is 7.64. The van der Waals surface area contributed by atoms with Gasteiger partial charge in [0, 0.05) is 5.02 Å². The fourth-order valence-corrected chi connectivity index (χ4v) is 4.72. The summed E-state index contributed by atoms with van der Waals surface area (Å²) in [6.07, 6.45) is 5.05. The van der Waals surface area contributed by atoms with Crippen LogP contribution in [-0.4, -0.2) is 17.0 Å². The number of amides is 1. The standard InChI is InChI=1S/C17H15Cl2NO3/c18-7-1-4-12(19)13(5-7)20-16(21)14-8-2-3-9(11-6-10(8)11)15(14)17(22)23/h1-5,8-11,14-15H,6H2,(H,20,21)(H,22,23)/t8-,9+,10+,11+,14-,15-/m0/s1. The van der Waals surface area contributed by atoms with Crippen LogP contribution in [0.15, 0.2) is 30.4 Å². The highest BCUT2D eigenvalue weighted by atomic mass is 35.5. The Morgan fingerprint density at radius 2 is 1.74 bits per heavy atom. The van der Waals surface area contributed by atoms with Gasteiger partial charge in [0.05, 0.1) is 22.5 Å². The van der Waals surface area contributed by atoms with Gasteiger partial charge in [-0.2, -0.15) is 0 Å². The molecule has 5 rings (SSSR count). The number of carbonyl (C=O) groups excluding carboxylic acids is 1. The number of aliphatic carboxylic acids is 1. The van der Waals surface area contributed by atoms with Crippen LogP contribution in [0.5, 0.6) is 0 Å². The van der Waals surface area contributed by atoms with E-state index < -0.39 is 17.8 Å². The van der Waals surface area contributed by atoms with Crippen molar-refractivity contribution in [3.8, 4) is 0 Å². The summed E-state index contributed by atoms with van der Waals surface area (Å²) in [6, 6.07) is 4.83. The highest BCUT2D eigenvalue weighted by Crippen LogP contribution is 2.63. The summed E-state index contributed by atoms with van der Waals surface area (Å²) in [5.41, 5.74) is 0.422. The first-order chi connectivity index (χ1) is 11.0. The van der Waals surface area contributed by atoms with Gasteiger partial charge in [-0.25, -0.2) is 0 Å². The molecule has 2 saturated carbocycles. The minimum absolute atomic E-state index is 0.00376. The van der Waals surface area contributed by atoms with Gasteiger partial charge in [0.1, 0.15) is 0 Å². The number of anilines is 1. The van der Waals surface area contributed by atoms with Gasteiger partial charge in [0.2, 0.25) is 5.91 Å². The highest BCUT2D eigenvalue weighted by Gasteiger charge is 2.62. The summed E-state index contributed by atoms with van der Waals surface area (Å²) in [6.45, 7) is 0. The molecule has 0 aromatic heterocycles. The zero-order chi connectivity index (χ0) is 16.3. The monoisotopic (exact) mass is 351 g/mol. The van der Waals surface area contributed by atoms with Gasteiger partial charge in [-0.15, -0.1) is 0 Å². The summed E-state index contributed by atoms with van der Waals surface area (Å²) in [4.78, 5) is 24.5. The van der Waals surface area contributed by atoms with Gasteiger partial charge in [-0.3, -0.25) is 9.59 Å². The van der Waals surface area contributed by atoms with Gasteiger partial charge in [0.15, 0.2) is 0 Å². The molecule has 0 unspecified atom stereocenters. The molecule has 6 heteroatoms. The van der Waals surface area contributed by atoms with E-state index in [1.807, 2.05) is 12.2 Å². The number of rotatable bonds is 3. The average molecular weight is 352 g/mol. The lowest BCUT2D eigenvalue weighted by Gasteiger charge is -2.41. The van der Waals surface area contributed by atoms with E-state index in [2.05, 4.69) is 5.32 Å². The molecule has 0 saturated heterocycles. The molecular weight excluding hydrogens is 337 g/mol. The molecule has 1 aromatic carbocycles. The van der Waals surface area contributed by atoms with Crippen LogP contribution in [0.3, 0.4) is 0 Å². The first kappa shape index (κ1) is 15.0. The third kappa shape index (κ3) is 2.36. The van der Waals surface area contributed by atoms with Crippen molar-refractivity contribution in [1.29, 1.82) is 0 Å². The number of hydrogen-bond acceptors (Lipinski definition) is 2. The van der Waals surface area contributed by atoms with E-state index in [4.69, 9.17) is 23.2 Å². The van der Waals surface area contributed by atoms with Crippen LogP contribution >= 0.6 is 23.2 Å². The molecule has 2 fully saturated rings. The third-order valence-corrected chi connectivity index (χ3v) is 5.99. The molecule has 0 spiro atoms. The first-order valence-corrected chi connectivity index (χ1v) is 8.40. The minimum atomic E-state index is -0.896. The molecule has 0 aliphatic heterocycles. The van der Waals surface area contributed by atoms with Gasteiger partial charge in [-0.05, 0) is 48.3 Å². The lowest BCUT2D eigenvalue weighted by molar-refractivity contribution is -0.152. The largest absolute Gasteiger partial charge is 0.481 e. The summed E-state index contributed by atoms with van der Waals surface area (Å²) >= 11 is 12.0. The fraction of sp³-hybridized carbons (Fsp3) is 0.412. The molecule has 2 bridgehead atoms. The molecule has 0 heterocycles. The van der Waals surface area contributed by atoms with Gasteiger partial charge in [0.25, 0.3) is 0 Å². The van der Waals surface area contributed by atoms with E-state index in [1.54, 1.807) is 18.2 Å². The van der Waals surface area contributed by atoms with Crippen LogP contribution in [0.4, 0.5) is 5.69 Å². The smallest absolute Gasteiger partial charge is 0.307 e. The number of carboxylic acids is 1. The zero-order valence-corrected chi connectivity index (χ0v) is 13.6. The zero-order valence-electron chi connectivity index (χ0n) is 12.1. The molecular formula is C17H15Cl2NO3. The van der Waals surface area contributed by atoms with Gasteiger partial charge in [-0.1, -0.05) is 35.4 Å². The normalized spacial score (nSPS) is 36.4. The molecule has 4 aliphatic rings. The minimum Gasteiger partial charge on any atom is -0.481 e. The Labute approximate surface area is 143 Å². The van der Waals surface area contributed by atoms with Crippen LogP contribution in [-0.2, 0) is 9.59 Å². The maximum atomic E-state index is 12.8. The van der Waals surface area contributed by atoms with Crippen LogP contribution < -0.4 is 5.32 Å². The number of fused-ring (bicyclic) bond motifs is 1. The van der Waals surface area contributed by atoms with Crippen LogP contribution in [0.2, 0.25) is 10.0 Å². The van der Waals surface area contributed by atoms with Crippen molar-refractivity contribution in [3.05, 3.63) is 40.4 Å². The van der Waals surface area contributed by atoms with E-state index >= 15 is 0 Å². The lowest BCUT2D eigenvalue weighted by atomic mass is 9.62. The topological polar surface area (TPSA) is 66.4 Å². The number of carboxylic acid groups (broad SMARTS) is 1. The number of allylic oxidation sites excluding steroid dienone is 2. The Balaban J connectivity index is 1.63. The predicted octanol–water partition coefficient (Wildman–Crippen LogP) is 3.70. The Kier molecular flexibility index (Phi) is 3.43. The maximum absolute atomic E-state index is 12.8. The molecule has 0 radical (unpaired) electrons. The summed E-state index contributed by atoms with van der Waals surface area (Å²) in [5, 5.41) is 13.2. The van der Waals surface area contributed by atoms with Crippen molar-refractivity contribution in [2.75, 3.05) is 5.32 Å². The molecule has 23 heavy (non-hydrogen) atoms. The van der Waals surface area contributed by atoms with Crippen molar-refractivity contribution >= 4 is 40.8 Å². The lowest BCUT2D eigenvalue weighted by Crippen LogP contribution is -2.48. The molecule has 4 aliphatic carbocycles. The van der Waals surface area contributed by atoms with Crippen molar-refractivity contribution in [2.24, 2.45) is 35.5 Å². The van der Waals surface area contributed by atoms with E-state index in [0.29, 0.717) is 27.6 Å². The molecule has 6 atom stereocenters. The van der Waals surface area contributed by atoms with Gasteiger partial charge >= 0.3 is 5.97 Å². The third-order valence-electron chi connectivity index (χ3n) is 5.43. The van der Waals surface area contributed by atoms with E-state index in [9.17, 15) is 14.7 Å². The second kappa shape index (κ2) is 5.25. The maximum Gasteiger partial charge on any atom is 0.307 e. The molecule has 1 amide bonds. The van der Waals surface area contributed by atoms with Crippen LogP contribution in [0.25, 0.3) is 0 Å². The van der Waals surface area contributed by atoms with Crippen molar-refractivity contribution in [2.45, 2.75) is 6.42 Å². The van der Waals surface area contributed by atoms with E-state index in [-0.39, 0.29) is 17.7 Å². The number of carbonyl (C=O) groups is 2. The summed E-state index contributed by atoms with van der Waals surface area (Å²) in [5.74, 6) is -1.54. The van der Waals surface area contributed by atoms with Crippen molar-refractivity contribution < 1.29 is 14.7 Å². The average Bonchev–Trinajstić information content (AvgIpc) is 3.32. The molecule has 4 nitrogen and oxygen atoms in total. The second-order valence-corrected chi connectivity index (χ2v) is 7.45. The molecule has 2 N–H and O–H groups in total. The van der Waals surface area contributed by atoms with Gasteiger partial charge < -0.3 is 10.4 Å². The molecule has 1 aromatic rings. The summed E-state index contributed by atoms with van der Waals surface area (Å²) < 4.78 is 0. The fourth-order valence-electron chi connectivity index (χ4n) is 4.38. The Hall–Kier alpha value is -1.52. The number of hydrogen-bond donors (Lipinski definition) is 2.